The maximum Gasteiger partial charge on any atom is 0.241 e. The Balaban J connectivity index is 1.08. The molecule has 0 aromatic heterocycles. The second kappa shape index (κ2) is 7.77. The van der Waals surface area contributed by atoms with Crippen molar-refractivity contribution < 1.29 is 9.59 Å². The summed E-state index contributed by atoms with van der Waals surface area (Å²) in [5.41, 5.74) is 1.62. The number of nitrogens with one attached hydrogen (secondary N) is 1. The van der Waals surface area contributed by atoms with E-state index in [2.05, 4.69) is 29.6 Å². The highest BCUT2D eigenvalue weighted by Crippen LogP contribution is 2.61. The number of carbonyl (C=O) groups is 2. The third-order valence-electron chi connectivity index (χ3n) is 8.26. The van der Waals surface area contributed by atoms with Gasteiger partial charge in [0.1, 0.15) is 0 Å². The second-order valence-corrected chi connectivity index (χ2v) is 10.4. The summed E-state index contributed by atoms with van der Waals surface area (Å²) in [4.78, 5) is 27.2. The SMILES string of the molecule is O=C(CC12CC3CC(CC(C3)C1)C2)NCC(=O)N1CCC(c2ccccc2)CC1. The van der Waals surface area contributed by atoms with Crippen molar-refractivity contribution in [2.45, 2.75) is 63.7 Å². The van der Waals surface area contributed by atoms with Gasteiger partial charge in [0.25, 0.3) is 0 Å². The van der Waals surface area contributed by atoms with Crippen molar-refractivity contribution in [1.82, 2.24) is 10.2 Å². The maximum atomic E-state index is 12.7. The number of carbonyl (C=O) groups excluding carboxylic acids is 2. The summed E-state index contributed by atoms with van der Waals surface area (Å²) in [6, 6.07) is 10.6. The molecule has 4 bridgehead atoms. The van der Waals surface area contributed by atoms with Gasteiger partial charge in [-0.1, -0.05) is 30.3 Å². The van der Waals surface area contributed by atoms with Gasteiger partial charge in [-0.2, -0.15) is 0 Å². The number of hydrogen-bond donors (Lipinski definition) is 1. The fraction of sp³-hybridized carbons (Fsp3) is 0.680. The van der Waals surface area contributed by atoms with Gasteiger partial charge < -0.3 is 10.2 Å². The van der Waals surface area contributed by atoms with E-state index in [9.17, 15) is 9.59 Å². The van der Waals surface area contributed by atoms with Crippen LogP contribution in [0.15, 0.2) is 30.3 Å². The van der Waals surface area contributed by atoms with Gasteiger partial charge in [-0.05, 0) is 86.0 Å². The summed E-state index contributed by atoms with van der Waals surface area (Å²) in [5.74, 6) is 3.31. The van der Waals surface area contributed by atoms with Crippen LogP contribution in [0.2, 0.25) is 0 Å². The van der Waals surface area contributed by atoms with Crippen molar-refractivity contribution in [3.63, 3.8) is 0 Å². The molecule has 4 saturated carbocycles. The average Bonchev–Trinajstić information content (AvgIpc) is 2.71. The minimum atomic E-state index is 0.0790. The predicted molar refractivity (Wildman–Crippen MR) is 113 cm³/mol. The first-order valence-electron chi connectivity index (χ1n) is 11.7. The van der Waals surface area contributed by atoms with Crippen LogP contribution in [0.3, 0.4) is 0 Å². The predicted octanol–water partition coefficient (Wildman–Crippen LogP) is 4.12. The van der Waals surface area contributed by atoms with Gasteiger partial charge in [0, 0.05) is 19.5 Å². The molecule has 0 spiro atoms. The first-order valence-corrected chi connectivity index (χ1v) is 11.7. The monoisotopic (exact) mass is 394 g/mol. The van der Waals surface area contributed by atoms with E-state index in [-0.39, 0.29) is 23.8 Å². The van der Waals surface area contributed by atoms with Crippen LogP contribution in [0.25, 0.3) is 0 Å². The molecule has 1 saturated heterocycles. The topological polar surface area (TPSA) is 49.4 Å². The normalized spacial score (nSPS) is 33.7. The third-order valence-corrected chi connectivity index (χ3v) is 8.26. The van der Waals surface area contributed by atoms with E-state index in [0.29, 0.717) is 12.3 Å². The Morgan fingerprint density at radius 3 is 2.10 bits per heavy atom. The van der Waals surface area contributed by atoms with Gasteiger partial charge in [-0.25, -0.2) is 0 Å². The van der Waals surface area contributed by atoms with Crippen LogP contribution in [0.1, 0.15) is 69.3 Å². The lowest BCUT2D eigenvalue weighted by molar-refractivity contribution is -0.136. The molecule has 1 aliphatic heterocycles. The Morgan fingerprint density at radius 2 is 1.52 bits per heavy atom. The zero-order chi connectivity index (χ0) is 19.8. The van der Waals surface area contributed by atoms with Crippen LogP contribution < -0.4 is 5.32 Å². The Bertz CT molecular complexity index is 716. The summed E-state index contributed by atoms with van der Waals surface area (Å²) in [5, 5.41) is 2.97. The highest BCUT2D eigenvalue weighted by atomic mass is 16.2. The second-order valence-electron chi connectivity index (χ2n) is 10.4. The molecular weight excluding hydrogens is 360 g/mol. The number of hydrogen-bond acceptors (Lipinski definition) is 2. The Morgan fingerprint density at radius 1 is 0.931 bits per heavy atom. The Labute approximate surface area is 174 Å². The number of rotatable bonds is 5. The first kappa shape index (κ1) is 19.1. The summed E-state index contributed by atoms with van der Waals surface area (Å²) in [6.45, 7) is 1.76. The van der Waals surface area contributed by atoms with Crippen molar-refractivity contribution in [3.8, 4) is 0 Å². The van der Waals surface area contributed by atoms with Crippen LogP contribution in [0, 0.1) is 23.2 Å². The van der Waals surface area contributed by atoms with Crippen molar-refractivity contribution >= 4 is 11.8 Å². The van der Waals surface area contributed by atoms with Gasteiger partial charge in [0.15, 0.2) is 0 Å². The summed E-state index contributed by atoms with van der Waals surface area (Å²) in [6.07, 6.45) is 10.6. The molecule has 0 unspecified atom stereocenters. The summed E-state index contributed by atoms with van der Waals surface area (Å²) >= 11 is 0. The number of nitrogens with zero attached hydrogens (tertiary/aromatic N) is 1. The number of likely N-dealkylation sites (tertiary alicyclic amines) is 1. The molecule has 29 heavy (non-hydrogen) atoms. The first-order chi connectivity index (χ1) is 14.1. The average molecular weight is 395 g/mol. The Kier molecular flexibility index (Phi) is 5.13. The van der Waals surface area contributed by atoms with Crippen molar-refractivity contribution in [1.29, 1.82) is 0 Å². The molecular formula is C25H34N2O2. The van der Waals surface area contributed by atoms with Crippen LogP contribution in [0.5, 0.6) is 0 Å². The minimum Gasteiger partial charge on any atom is -0.347 e. The molecule has 156 valence electrons. The molecule has 6 rings (SSSR count). The van der Waals surface area contributed by atoms with E-state index in [1.165, 1.54) is 44.1 Å². The van der Waals surface area contributed by atoms with Gasteiger partial charge in [-0.15, -0.1) is 0 Å². The van der Waals surface area contributed by atoms with E-state index in [4.69, 9.17) is 0 Å². The molecule has 5 aliphatic rings. The van der Waals surface area contributed by atoms with E-state index in [1.54, 1.807) is 0 Å². The van der Waals surface area contributed by atoms with E-state index in [1.807, 2.05) is 11.0 Å². The van der Waals surface area contributed by atoms with Crippen molar-refractivity contribution in [3.05, 3.63) is 35.9 Å². The van der Waals surface area contributed by atoms with E-state index in [0.717, 1.165) is 43.7 Å². The largest absolute Gasteiger partial charge is 0.347 e. The maximum absolute atomic E-state index is 12.7. The van der Waals surface area contributed by atoms with Crippen LogP contribution in [0.4, 0.5) is 0 Å². The third kappa shape index (κ3) is 4.08. The molecule has 1 N–H and O–H groups in total. The lowest BCUT2D eigenvalue weighted by Crippen LogP contribution is -2.49. The fourth-order valence-electron chi connectivity index (χ4n) is 7.38. The molecule has 4 nitrogen and oxygen atoms in total. The molecule has 1 aromatic rings. The number of benzene rings is 1. The zero-order valence-corrected chi connectivity index (χ0v) is 17.4. The number of piperidine rings is 1. The Hall–Kier alpha value is -1.84. The van der Waals surface area contributed by atoms with E-state index < -0.39 is 0 Å². The molecule has 2 amide bonds. The summed E-state index contributed by atoms with van der Waals surface area (Å²) in [7, 11) is 0. The quantitative estimate of drug-likeness (QED) is 0.817. The highest BCUT2D eigenvalue weighted by molar-refractivity contribution is 5.85. The van der Waals surface area contributed by atoms with Gasteiger partial charge in [0.2, 0.25) is 11.8 Å². The zero-order valence-electron chi connectivity index (χ0n) is 17.4. The van der Waals surface area contributed by atoms with Gasteiger partial charge >= 0.3 is 0 Å². The highest BCUT2D eigenvalue weighted by Gasteiger charge is 2.51. The van der Waals surface area contributed by atoms with Crippen LogP contribution >= 0.6 is 0 Å². The van der Waals surface area contributed by atoms with Crippen LogP contribution in [-0.4, -0.2) is 36.3 Å². The van der Waals surface area contributed by atoms with Crippen molar-refractivity contribution in [2.75, 3.05) is 19.6 Å². The lowest BCUT2D eigenvalue weighted by Gasteiger charge is -2.56. The standard InChI is InChI=1S/C25H34N2O2/c28-23(16-25-13-18-10-19(14-25)12-20(11-18)15-25)26-17-24(29)27-8-6-22(7-9-27)21-4-2-1-3-5-21/h1-5,18-20,22H,6-17H2,(H,26,28). The smallest absolute Gasteiger partial charge is 0.241 e. The van der Waals surface area contributed by atoms with Gasteiger partial charge in [0.05, 0.1) is 6.54 Å². The number of amides is 2. The van der Waals surface area contributed by atoms with Crippen LogP contribution in [-0.2, 0) is 9.59 Å². The molecule has 4 heteroatoms. The van der Waals surface area contributed by atoms with E-state index >= 15 is 0 Å². The molecule has 1 heterocycles. The molecule has 0 atom stereocenters. The fourth-order valence-corrected chi connectivity index (χ4v) is 7.38. The molecule has 5 fully saturated rings. The van der Waals surface area contributed by atoms with Crippen molar-refractivity contribution in [2.24, 2.45) is 23.2 Å². The molecule has 4 aliphatic carbocycles. The molecule has 1 aromatic carbocycles. The summed E-state index contributed by atoms with van der Waals surface area (Å²) < 4.78 is 0. The lowest BCUT2D eigenvalue weighted by atomic mass is 9.49. The molecule has 0 radical (unpaired) electrons. The minimum absolute atomic E-state index is 0.0790. The van der Waals surface area contributed by atoms with Gasteiger partial charge in [-0.3, -0.25) is 9.59 Å².